The molecule has 3 N–H and O–H groups in total. The average Bonchev–Trinajstić information content (AvgIpc) is 2.90. The van der Waals surface area contributed by atoms with Crippen molar-refractivity contribution < 1.29 is 14.8 Å². The second-order valence-electron chi connectivity index (χ2n) is 8.13. The zero-order valence-electron chi connectivity index (χ0n) is 21.7. The first-order valence-electron chi connectivity index (χ1n) is 11.8. The van der Waals surface area contributed by atoms with Gasteiger partial charge in [0.05, 0.1) is 17.0 Å². The van der Waals surface area contributed by atoms with Crippen LogP contribution in [0.1, 0.15) is 34.6 Å². The standard InChI is InChI=1S/C27H33ClN6O3/c1-6-23(20(5)33-37)26(36)34(7-2)17-16-29-25(35)18(3)8-9-19(4)31-27-30-15-14-24(32-27)21-10-12-22(28)13-11-21/h6,8-15,37H,7,16-17H2,1-5H3,(H,29,35)(H,30,31,32)/b18-8+,19-9+,23-6-,33-20-. The Balaban J connectivity index is 1.94. The predicted molar refractivity (Wildman–Crippen MR) is 148 cm³/mol. The molecule has 37 heavy (non-hydrogen) atoms. The van der Waals surface area contributed by atoms with Crippen LogP contribution in [0.5, 0.6) is 0 Å². The molecule has 9 nitrogen and oxygen atoms in total. The molecule has 0 unspecified atom stereocenters. The fourth-order valence-electron chi connectivity index (χ4n) is 3.30. The second-order valence-corrected chi connectivity index (χ2v) is 8.56. The Morgan fingerprint density at radius 2 is 1.84 bits per heavy atom. The molecular formula is C27H33ClN6O3. The summed E-state index contributed by atoms with van der Waals surface area (Å²) < 4.78 is 0. The van der Waals surface area contributed by atoms with Gasteiger partial charge in [0, 0.05) is 47.7 Å². The maximum Gasteiger partial charge on any atom is 0.255 e. The van der Waals surface area contributed by atoms with Gasteiger partial charge in [0.15, 0.2) is 0 Å². The van der Waals surface area contributed by atoms with E-state index >= 15 is 0 Å². The van der Waals surface area contributed by atoms with E-state index in [1.54, 1.807) is 62.2 Å². The molecule has 2 aromatic rings. The van der Waals surface area contributed by atoms with Gasteiger partial charge in [-0.05, 0) is 58.9 Å². The molecule has 0 saturated carbocycles. The summed E-state index contributed by atoms with van der Waals surface area (Å²) in [6, 6.07) is 9.21. The Hall–Kier alpha value is -3.98. The first kappa shape index (κ1) is 29.3. The lowest BCUT2D eigenvalue weighted by Crippen LogP contribution is -2.40. The van der Waals surface area contributed by atoms with E-state index in [4.69, 9.17) is 16.8 Å². The third-order valence-corrected chi connectivity index (χ3v) is 5.69. The number of hydrogen-bond donors (Lipinski definition) is 3. The molecule has 0 aliphatic rings. The fourth-order valence-corrected chi connectivity index (χ4v) is 3.43. The van der Waals surface area contributed by atoms with Gasteiger partial charge in [-0.25, -0.2) is 9.97 Å². The lowest BCUT2D eigenvalue weighted by molar-refractivity contribution is -0.127. The molecular weight excluding hydrogens is 492 g/mol. The molecule has 1 aromatic heterocycles. The van der Waals surface area contributed by atoms with Gasteiger partial charge in [-0.3, -0.25) is 9.59 Å². The number of nitrogens with one attached hydrogen (secondary N) is 2. The van der Waals surface area contributed by atoms with Gasteiger partial charge in [-0.1, -0.05) is 41.0 Å². The Labute approximate surface area is 222 Å². The van der Waals surface area contributed by atoms with E-state index in [-0.39, 0.29) is 24.1 Å². The van der Waals surface area contributed by atoms with E-state index in [1.807, 2.05) is 32.0 Å². The molecule has 2 rings (SSSR count). The molecule has 0 spiro atoms. The number of anilines is 1. The Bertz CT molecular complexity index is 1220. The molecule has 1 aromatic carbocycles. The topological polar surface area (TPSA) is 120 Å². The van der Waals surface area contributed by atoms with Crippen LogP contribution in [0.3, 0.4) is 0 Å². The average molecular weight is 525 g/mol. The van der Waals surface area contributed by atoms with Crippen LogP contribution in [0, 0.1) is 0 Å². The van der Waals surface area contributed by atoms with E-state index in [1.165, 1.54) is 0 Å². The van der Waals surface area contributed by atoms with Crippen molar-refractivity contribution >= 4 is 35.1 Å². The summed E-state index contributed by atoms with van der Waals surface area (Å²) in [5.74, 6) is -0.0651. The maximum atomic E-state index is 12.7. The Morgan fingerprint density at radius 1 is 1.14 bits per heavy atom. The number of oxime groups is 1. The van der Waals surface area contributed by atoms with Crippen molar-refractivity contribution in [1.82, 2.24) is 20.2 Å². The van der Waals surface area contributed by atoms with Crippen molar-refractivity contribution in [3.63, 3.8) is 0 Å². The van der Waals surface area contributed by atoms with Crippen LogP contribution in [-0.2, 0) is 9.59 Å². The molecule has 0 aliphatic heterocycles. The summed E-state index contributed by atoms with van der Waals surface area (Å²) in [6.07, 6.45) is 6.74. The van der Waals surface area contributed by atoms with E-state index in [0.717, 1.165) is 17.0 Å². The van der Waals surface area contributed by atoms with Crippen LogP contribution in [0.2, 0.25) is 5.02 Å². The minimum atomic E-state index is -0.256. The molecule has 0 aliphatic carbocycles. The SMILES string of the molecule is C/C=C(C(=O)N(CC)CCNC(=O)/C(C)=C/C=C(\C)Nc1nccc(-c2ccc(Cl)cc2)n1)/C(C)=N\O. The molecule has 10 heteroatoms. The van der Waals surface area contributed by atoms with Crippen LogP contribution in [0.25, 0.3) is 11.3 Å². The number of likely N-dealkylation sites (N-methyl/N-ethyl adjacent to an activating group) is 1. The van der Waals surface area contributed by atoms with Crippen molar-refractivity contribution in [3.8, 4) is 11.3 Å². The Morgan fingerprint density at radius 3 is 2.46 bits per heavy atom. The molecule has 1 heterocycles. The number of nitrogens with zero attached hydrogens (tertiary/aromatic N) is 4. The normalized spacial score (nSPS) is 12.8. The Kier molecular flexibility index (Phi) is 11.5. The number of halogens is 1. The molecule has 0 fully saturated rings. The van der Waals surface area contributed by atoms with Crippen LogP contribution in [0.15, 0.2) is 76.8 Å². The summed E-state index contributed by atoms with van der Waals surface area (Å²) in [5.41, 5.74) is 3.50. The lowest BCUT2D eigenvalue weighted by Gasteiger charge is -2.22. The monoisotopic (exact) mass is 524 g/mol. The summed E-state index contributed by atoms with van der Waals surface area (Å²) in [4.78, 5) is 35.5. The molecule has 0 radical (unpaired) electrons. The maximum absolute atomic E-state index is 12.7. The molecule has 0 saturated heterocycles. The van der Waals surface area contributed by atoms with Crippen LogP contribution in [-0.4, -0.2) is 57.2 Å². The molecule has 196 valence electrons. The summed E-state index contributed by atoms with van der Waals surface area (Å²) in [6.45, 7) is 9.72. The zero-order valence-corrected chi connectivity index (χ0v) is 22.5. The minimum Gasteiger partial charge on any atom is -0.411 e. The van der Waals surface area contributed by atoms with E-state index in [2.05, 4.69) is 25.8 Å². The number of hydrogen-bond acceptors (Lipinski definition) is 7. The van der Waals surface area contributed by atoms with Crippen molar-refractivity contribution in [2.24, 2.45) is 5.16 Å². The van der Waals surface area contributed by atoms with Crippen molar-refractivity contribution in [3.05, 3.63) is 76.6 Å². The van der Waals surface area contributed by atoms with Gasteiger partial charge in [0.1, 0.15) is 0 Å². The number of carbonyl (C=O) groups excluding carboxylic acids is 2. The van der Waals surface area contributed by atoms with Gasteiger partial charge in [0.25, 0.3) is 5.91 Å². The third-order valence-electron chi connectivity index (χ3n) is 5.44. The predicted octanol–water partition coefficient (Wildman–Crippen LogP) is 4.82. The number of amides is 2. The quantitative estimate of drug-likeness (QED) is 0.127. The smallest absolute Gasteiger partial charge is 0.255 e. The van der Waals surface area contributed by atoms with Crippen LogP contribution < -0.4 is 10.6 Å². The van der Waals surface area contributed by atoms with Crippen molar-refractivity contribution in [2.45, 2.75) is 34.6 Å². The van der Waals surface area contributed by atoms with Crippen LogP contribution in [0.4, 0.5) is 5.95 Å². The lowest BCUT2D eigenvalue weighted by atomic mass is 10.1. The van der Waals surface area contributed by atoms with E-state index in [9.17, 15) is 9.59 Å². The van der Waals surface area contributed by atoms with Gasteiger partial charge in [0.2, 0.25) is 11.9 Å². The molecule has 0 bridgehead atoms. The number of carbonyl (C=O) groups is 2. The highest BCUT2D eigenvalue weighted by atomic mass is 35.5. The van der Waals surface area contributed by atoms with Crippen LogP contribution >= 0.6 is 11.6 Å². The first-order valence-corrected chi connectivity index (χ1v) is 12.2. The zero-order chi connectivity index (χ0) is 27.4. The number of rotatable bonds is 11. The highest BCUT2D eigenvalue weighted by molar-refractivity contribution is 6.30. The van der Waals surface area contributed by atoms with E-state index < -0.39 is 0 Å². The molecule has 2 amide bonds. The third kappa shape index (κ3) is 8.88. The van der Waals surface area contributed by atoms with E-state index in [0.29, 0.717) is 35.2 Å². The van der Waals surface area contributed by atoms with Gasteiger partial charge < -0.3 is 20.7 Å². The highest BCUT2D eigenvalue weighted by Gasteiger charge is 2.19. The number of aromatic nitrogens is 2. The van der Waals surface area contributed by atoms with Gasteiger partial charge >= 0.3 is 0 Å². The first-order chi connectivity index (χ1) is 17.7. The summed E-state index contributed by atoms with van der Waals surface area (Å²) in [7, 11) is 0. The summed E-state index contributed by atoms with van der Waals surface area (Å²) in [5, 5.41) is 18.7. The van der Waals surface area contributed by atoms with Gasteiger partial charge in [-0.2, -0.15) is 0 Å². The summed E-state index contributed by atoms with van der Waals surface area (Å²) >= 11 is 5.96. The van der Waals surface area contributed by atoms with Gasteiger partial charge in [-0.15, -0.1) is 0 Å². The number of allylic oxidation sites excluding steroid dienone is 4. The largest absolute Gasteiger partial charge is 0.411 e. The van der Waals surface area contributed by atoms with Crippen molar-refractivity contribution in [2.75, 3.05) is 25.0 Å². The minimum absolute atomic E-state index is 0.242. The molecule has 0 atom stereocenters. The fraction of sp³-hybridized carbons (Fsp3) is 0.296. The second kappa shape index (κ2) is 14.5. The number of benzene rings is 1. The van der Waals surface area contributed by atoms with Crippen molar-refractivity contribution in [1.29, 1.82) is 0 Å². The highest BCUT2D eigenvalue weighted by Crippen LogP contribution is 2.20.